The number of likely N-dealkylation sites (N-methyl/N-ethyl adjacent to an activating group) is 1. The van der Waals surface area contributed by atoms with E-state index in [1.807, 2.05) is 0 Å². The molecular formula is C25H28F3N3O5S. The average molecular weight is 540 g/mol. The third-order valence-electron chi connectivity index (χ3n) is 5.41. The number of rotatable bonds is 11. The quantitative estimate of drug-likeness (QED) is 0.206. The highest BCUT2D eigenvalue weighted by Crippen LogP contribution is 2.39. The summed E-state index contributed by atoms with van der Waals surface area (Å²) in [5.74, 6) is -0.526. The lowest BCUT2D eigenvalue weighted by Gasteiger charge is -2.14. The van der Waals surface area contributed by atoms with Crippen molar-refractivity contribution < 1.29 is 32.7 Å². The lowest BCUT2D eigenvalue weighted by molar-refractivity contribution is -0.385. The van der Waals surface area contributed by atoms with Crippen molar-refractivity contribution in [2.45, 2.75) is 39.4 Å². The van der Waals surface area contributed by atoms with Gasteiger partial charge in [-0.25, -0.2) is 0 Å². The Bertz CT molecular complexity index is 1200. The number of nitro benzene ring substituents is 1. The first-order chi connectivity index (χ1) is 17.2. The fourth-order valence-electron chi connectivity index (χ4n) is 3.22. The number of carbonyl (C=O) groups is 1. The second-order valence-electron chi connectivity index (χ2n) is 8.30. The number of alkyl halides is 3. The van der Waals surface area contributed by atoms with Gasteiger partial charge in [0, 0.05) is 30.1 Å². The number of allylic oxidation sites excluding steroid dienone is 5. The molecule has 1 atom stereocenters. The van der Waals surface area contributed by atoms with Crippen LogP contribution in [0.15, 0.2) is 64.5 Å². The van der Waals surface area contributed by atoms with Crippen LogP contribution in [0.2, 0.25) is 0 Å². The van der Waals surface area contributed by atoms with E-state index in [9.17, 15) is 28.1 Å². The molecule has 1 aliphatic rings. The molecule has 37 heavy (non-hydrogen) atoms. The number of halogens is 3. The van der Waals surface area contributed by atoms with E-state index < -0.39 is 40.1 Å². The van der Waals surface area contributed by atoms with Gasteiger partial charge in [-0.2, -0.15) is 24.9 Å². The number of thioether (sulfide) groups is 1. The molecule has 8 nitrogen and oxygen atoms in total. The second-order valence-corrected chi connectivity index (χ2v) is 9.33. The molecule has 1 aliphatic carbocycles. The highest BCUT2D eigenvalue weighted by Gasteiger charge is 2.35. The summed E-state index contributed by atoms with van der Waals surface area (Å²) < 4.78 is 45.7. The minimum Gasteiger partial charge on any atom is -0.480 e. The van der Waals surface area contributed by atoms with Crippen LogP contribution >= 0.6 is 11.8 Å². The largest absolute Gasteiger partial charge is 0.480 e. The summed E-state index contributed by atoms with van der Waals surface area (Å²) in [7, 11) is 1.57. The molecular weight excluding hydrogens is 511 g/mol. The van der Waals surface area contributed by atoms with Crippen molar-refractivity contribution in [3.05, 3.63) is 80.8 Å². The Morgan fingerprint density at radius 2 is 2.03 bits per heavy atom. The Morgan fingerprint density at radius 3 is 2.57 bits per heavy atom. The molecule has 1 aromatic carbocycles. The third kappa shape index (κ3) is 8.32. The molecule has 2 rings (SSSR count). The summed E-state index contributed by atoms with van der Waals surface area (Å²) in [6.45, 7) is 8.67. The number of ether oxygens (including phenoxy) is 1. The van der Waals surface area contributed by atoms with Crippen molar-refractivity contribution >= 4 is 29.1 Å². The van der Waals surface area contributed by atoms with E-state index in [-0.39, 0.29) is 17.7 Å². The zero-order valence-corrected chi connectivity index (χ0v) is 21.6. The first-order valence-electron chi connectivity index (χ1n) is 11.1. The number of hydrogen-bond donors (Lipinski definition) is 2. The maximum absolute atomic E-state index is 13.4. The molecule has 2 N–H and O–H groups in total. The highest BCUT2D eigenvalue weighted by atomic mass is 32.2. The van der Waals surface area contributed by atoms with E-state index in [2.05, 4.69) is 16.9 Å². The van der Waals surface area contributed by atoms with Gasteiger partial charge in [0.05, 0.1) is 21.9 Å². The van der Waals surface area contributed by atoms with E-state index in [0.717, 1.165) is 18.6 Å². The number of nitrogens with zero attached hydrogens (tertiary/aromatic N) is 2. The van der Waals surface area contributed by atoms with Crippen LogP contribution in [-0.2, 0) is 11.0 Å². The molecule has 12 heteroatoms. The number of hydrogen-bond acceptors (Lipinski definition) is 7. The molecule has 0 saturated carbocycles. The van der Waals surface area contributed by atoms with E-state index in [0.29, 0.717) is 34.6 Å². The average Bonchev–Trinajstić information content (AvgIpc) is 2.96. The van der Waals surface area contributed by atoms with E-state index in [1.54, 1.807) is 33.0 Å². The van der Waals surface area contributed by atoms with Gasteiger partial charge in [-0.15, -0.1) is 0 Å². The SMILES string of the molecule is C=C(C)C(CSC[C@@H](NC)C(=O)O)=NC1=CC=C(Oc2cc(C(F)(F)F)c(C)cc2[N+](=O)[O-])CC=C1C. The van der Waals surface area contributed by atoms with Crippen molar-refractivity contribution in [2.75, 3.05) is 18.6 Å². The predicted molar refractivity (Wildman–Crippen MR) is 138 cm³/mol. The Balaban J connectivity index is 2.34. The number of benzene rings is 1. The molecule has 200 valence electrons. The number of carboxylic acids is 1. The number of aliphatic imine (C=N–C) groups is 1. The van der Waals surface area contributed by atoms with Gasteiger partial charge >= 0.3 is 17.8 Å². The summed E-state index contributed by atoms with van der Waals surface area (Å²) in [6.07, 6.45) is 0.354. The molecule has 1 aromatic rings. The summed E-state index contributed by atoms with van der Waals surface area (Å²) in [5, 5.41) is 23.3. The monoisotopic (exact) mass is 539 g/mol. The Labute approximate surface area is 216 Å². The number of nitrogens with one attached hydrogen (secondary N) is 1. The van der Waals surface area contributed by atoms with Gasteiger partial charge < -0.3 is 15.2 Å². The van der Waals surface area contributed by atoms with E-state index >= 15 is 0 Å². The highest BCUT2D eigenvalue weighted by molar-refractivity contribution is 8.00. The van der Waals surface area contributed by atoms with E-state index in [1.165, 1.54) is 17.8 Å². The zero-order valence-electron chi connectivity index (χ0n) is 20.8. The van der Waals surface area contributed by atoms with Crippen molar-refractivity contribution in [2.24, 2.45) is 4.99 Å². The Morgan fingerprint density at radius 1 is 1.35 bits per heavy atom. The molecule has 0 saturated heterocycles. The Hall–Kier alpha value is -3.38. The lowest BCUT2D eigenvalue weighted by Crippen LogP contribution is -2.36. The van der Waals surface area contributed by atoms with Crippen molar-refractivity contribution in [1.29, 1.82) is 0 Å². The minimum atomic E-state index is -4.69. The number of aryl methyl sites for hydroxylation is 1. The van der Waals surface area contributed by atoms with Gasteiger partial charge in [-0.1, -0.05) is 12.7 Å². The van der Waals surface area contributed by atoms with Crippen LogP contribution in [-0.4, -0.2) is 46.3 Å². The summed E-state index contributed by atoms with van der Waals surface area (Å²) in [5.41, 5.74) is 0.788. The van der Waals surface area contributed by atoms with Crippen LogP contribution in [0.4, 0.5) is 18.9 Å². The van der Waals surface area contributed by atoms with Crippen LogP contribution in [0.1, 0.15) is 31.4 Å². The van der Waals surface area contributed by atoms with Crippen LogP contribution in [0.5, 0.6) is 5.75 Å². The third-order valence-corrected chi connectivity index (χ3v) is 6.45. The van der Waals surface area contributed by atoms with Gasteiger partial charge in [-0.05, 0) is 56.7 Å². The van der Waals surface area contributed by atoms with Crippen LogP contribution < -0.4 is 10.1 Å². The maximum Gasteiger partial charge on any atom is 0.416 e. The molecule has 0 heterocycles. The van der Waals surface area contributed by atoms with Gasteiger partial charge in [0.15, 0.2) is 0 Å². The Kier molecular flexibility index (Phi) is 10.3. The smallest absolute Gasteiger partial charge is 0.416 e. The standard InChI is InChI=1S/C25H28F3N3O5S/c1-14(2)20(12-37-13-21(29-5)24(32)33)30-19-9-8-17(7-6-15(19)3)36-23-11-18(25(26,27)28)16(4)10-22(23)31(34)35/h6,8-11,21,29H,1,7,12-13H2,2-5H3,(H,32,33)/t21-/m1/s1. The number of aliphatic carboxylic acids is 1. The van der Waals surface area contributed by atoms with Crippen molar-refractivity contribution in [1.82, 2.24) is 5.32 Å². The van der Waals surface area contributed by atoms with Crippen LogP contribution in [0.3, 0.4) is 0 Å². The minimum absolute atomic E-state index is 0.174. The molecule has 0 aromatic heterocycles. The predicted octanol–water partition coefficient (Wildman–Crippen LogP) is 5.84. The molecule has 0 fully saturated rings. The summed E-state index contributed by atoms with van der Waals surface area (Å²) in [4.78, 5) is 26.5. The fraction of sp³-hybridized carbons (Fsp3) is 0.360. The second kappa shape index (κ2) is 12.7. The normalized spacial score (nSPS) is 15.2. The van der Waals surface area contributed by atoms with Gasteiger partial charge in [0.25, 0.3) is 0 Å². The van der Waals surface area contributed by atoms with Gasteiger partial charge in [0.2, 0.25) is 5.75 Å². The topological polar surface area (TPSA) is 114 Å². The van der Waals surface area contributed by atoms with Crippen molar-refractivity contribution in [3.63, 3.8) is 0 Å². The van der Waals surface area contributed by atoms with E-state index in [4.69, 9.17) is 9.84 Å². The first-order valence-corrected chi connectivity index (χ1v) is 12.2. The fourth-order valence-corrected chi connectivity index (χ4v) is 4.39. The van der Waals surface area contributed by atoms with Gasteiger partial charge in [-0.3, -0.25) is 19.9 Å². The van der Waals surface area contributed by atoms with Gasteiger partial charge in [0.1, 0.15) is 11.8 Å². The molecule has 0 spiro atoms. The zero-order chi connectivity index (χ0) is 27.9. The maximum atomic E-state index is 13.4. The summed E-state index contributed by atoms with van der Waals surface area (Å²) >= 11 is 1.38. The number of nitro groups is 1. The number of carboxylic acid groups (broad SMARTS) is 1. The first kappa shape index (κ1) is 29.8. The molecule has 0 aliphatic heterocycles. The molecule has 0 radical (unpaired) electrons. The lowest BCUT2D eigenvalue weighted by atomic mass is 10.1. The molecule has 0 amide bonds. The summed E-state index contributed by atoms with van der Waals surface area (Å²) in [6, 6.07) is 0.785. The van der Waals surface area contributed by atoms with Crippen LogP contribution in [0.25, 0.3) is 0 Å². The molecule has 0 unspecified atom stereocenters. The van der Waals surface area contributed by atoms with Crippen molar-refractivity contribution in [3.8, 4) is 5.75 Å². The van der Waals surface area contributed by atoms with Crippen LogP contribution in [0, 0.1) is 17.0 Å². The molecule has 0 bridgehead atoms.